The average Bonchev–Trinajstić information content (AvgIpc) is 3.04. The number of ether oxygens (including phenoxy) is 2. The van der Waals surface area contributed by atoms with Gasteiger partial charge >= 0.3 is 5.97 Å². The van der Waals surface area contributed by atoms with Gasteiger partial charge in [-0.2, -0.15) is 0 Å². The van der Waals surface area contributed by atoms with Gasteiger partial charge in [0.15, 0.2) is 5.13 Å². The number of carbonyl (C=O) groups is 1. The Morgan fingerprint density at radius 2 is 2.61 bits per heavy atom. The lowest BCUT2D eigenvalue weighted by atomic mass is 10.2. The smallest absolute Gasteiger partial charge is 0.305 e. The van der Waals surface area contributed by atoms with Crippen molar-refractivity contribution < 1.29 is 14.3 Å². The number of thiazole rings is 1. The van der Waals surface area contributed by atoms with Gasteiger partial charge < -0.3 is 14.8 Å². The number of carbonyl (C=O) groups excluding carboxylic acids is 1. The third-order valence-electron chi connectivity index (χ3n) is 2.87. The summed E-state index contributed by atoms with van der Waals surface area (Å²) in [7, 11) is 1.40. The Morgan fingerprint density at radius 1 is 1.72 bits per heavy atom. The highest BCUT2D eigenvalue weighted by Gasteiger charge is 2.15. The van der Waals surface area contributed by atoms with Gasteiger partial charge in [-0.3, -0.25) is 4.79 Å². The van der Waals surface area contributed by atoms with Crippen LogP contribution in [-0.2, 0) is 20.7 Å². The van der Waals surface area contributed by atoms with Crippen LogP contribution in [0.1, 0.15) is 25.0 Å². The number of methoxy groups -OCH3 is 1. The van der Waals surface area contributed by atoms with Crippen molar-refractivity contribution in [3.63, 3.8) is 0 Å². The van der Waals surface area contributed by atoms with Crippen LogP contribution in [0.3, 0.4) is 0 Å². The van der Waals surface area contributed by atoms with Crippen molar-refractivity contribution in [2.45, 2.75) is 31.8 Å². The standard InChI is InChI=1S/C12H18N2O3S/c1-16-11(15)5-4-9-8-18-12(14-9)13-7-10-3-2-6-17-10/h8,10H,2-7H2,1H3,(H,13,14). The first-order valence-electron chi connectivity index (χ1n) is 6.14. The number of anilines is 1. The zero-order valence-electron chi connectivity index (χ0n) is 10.5. The zero-order chi connectivity index (χ0) is 12.8. The molecular formula is C12H18N2O3S. The number of aryl methyl sites for hydroxylation is 1. The first kappa shape index (κ1) is 13.3. The summed E-state index contributed by atoms with van der Waals surface area (Å²) in [5, 5.41) is 6.14. The molecule has 1 atom stereocenters. The molecule has 0 aliphatic carbocycles. The van der Waals surface area contributed by atoms with E-state index >= 15 is 0 Å². The van der Waals surface area contributed by atoms with E-state index in [1.165, 1.54) is 7.11 Å². The van der Waals surface area contributed by atoms with Crippen molar-refractivity contribution in [3.8, 4) is 0 Å². The monoisotopic (exact) mass is 270 g/mol. The normalized spacial score (nSPS) is 18.8. The van der Waals surface area contributed by atoms with Crippen molar-refractivity contribution >= 4 is 22.4 Å². The number of esters is 1. The van der Waals surface area contributed by atoms with E-state index in [1.54, 1.807) is 11.3 Å². The lowest BCUT2D eigenvalue weighted by molar-refractivity contribution is -0.140. The summed E-state index contributed by atoms with van der Waals surface area (Å²) in [6, 6.07) is 0. The first-order valence-corrected chi connectivity index (χ1v) is 7.02. The number of rotatable bonds is 6. The molecule has 6 heteroatoms. The predicted molar refractivity (Wildman–Crippen MR) is 69.9 cm³/mol. The predicted octanol–water partition coefficient (Wildman–Crippen LogP) is 1.84. The van der Waals surface area contributed by atoms with Crippen LogP contribution in [0, 0.1) is 0 Å². The van der Waals surface area contributed by atoms with Gasteiger partial charge in [0.2, 0.25) is 0 Å². The second-order valence-electron chi connectivity index (χ2n) is 4.24. The molecule has 0 bridgehead atoms. The van der Waals surface area contributed by atoms with E-state index in [1.807, 2.05) is 5.38 Å². The Balaban J connectivity index is 1.73. The summed E-state index contributed by atoms with van der Waals surface area (Å²) >= 11 is 1.56. The fraction of sp³-hybridized carbons (Fsp3) is 0.667. The number of aromatic nitrogens is 1. The average molecular weight is 270 g/mol. The molecule has 1 aromatic heterocycles. The van der Waals surface area contributed by atoms with Crippen molar-refractivity contribution in [3.05, 3.63) is 11.1 Å². The summed E-state index contributed by atoms with van der Waals surface area (Å²) in [6.45, 7) is 1.68. The van der Waals surface area contributed by atoms with Gasteiger partial charge in [-0.1, -0.05) is 0 Å². The fourth-order valence-electron chi connectivity index (χ4n) is 1.84. The highest BCUT2D eigenvalue weighted by molar-refractivity contribution is 7.13. The Morgan fingerprint density at radius 3 is 3.33 bits per heavy atom. The molecule has 1 saturated heterocycles. The number of hydrogen-bond acceptors (Lipinski definition) is 6. The molecule has 1 fully saturated rings. The lowest BCUT2D eigenvalue weighted by Gasteiger charge is -2.09. The first-order chi connectivity index (χ1) is 8.78. The van der Waals surface area contributed by atoms with Crippen LogP contribution in [0.2, 0.25) is 0 Å². The topological polar surface area (TPSA) is 60.5 Å². The van der Waals surface area contributed by atoms with Gasteiger partial charge in [-0.15, -0.1) is 11.3 Å². The maximum Gasteiger partial charge on any atom is 0.305 e. The van der Waals surface area contributed by atoms with Gasteiger partial charge in [-0.05, 0) is 12.8 Å². The molecule has 0 amide bonds. The molecule has 0 spiro atoms. The number of nitrogens with zero attached hydrogens (tertiary/aromatic N) is 1. The van der Waals surface area contributed by atoms with E-state index in [0.717, 1.165) is 36.8 Å². The molecule has 0 saturated carbocycles. The van der Waals surface area contributed by atoms with Crippen LogP contribution in [0.4, 0.5) is 5.13 Å². The van der Waals surface area contributed by atoms with E-state index in [4.69, 9.17) is 4.74 Å². The minimum Gasteiger partial charge on any atom is -0.469 e. The van der Waals surface area contributed by atoms with Crippen LogP contribution < -0.4 is 5.32 Å². The molecule has 0 aromatic carbocycles. The number of nitrogens with one attached hydrogen (secondary N) is 1. The van der Waals surface area contributed by atoms with Gasteiger partial charge in [-0.25, -0.2) is 4.98 Å². The number of hydrogen-bond donors (Lipinski definition) is 1. The lowest BCUT2D eigenvalue weighted by Crippen LogP contribution is -2.18. The maximum atomic E-state index is 11.0. The quantitative estimate of drug-likeness (QED) is 0.799. The summed E-state index contributed by atoms with van der Waals surface area (Å²) in [5.41, 5.74) is 0.931. The Kier molecular flexibility index (Phi) is 4.95. The van der Waals surface area contributed by atoms with Crippen LogP contribution >= 0.6 is 11.3 Å². The van der Waals surface area contributed by atoms with Crippen LogP contribution in [0.15, 0.2) is 5.38 Å². The largest absolute Gasteiger partial charge is 0.469 e. The molecular weight excluding hydrogens is 252 g/mol. The molecule has 100 valence electrons. The van der Waals surface area contributed by atoms with E-state index in [-0.39, 0.29) is 5.97 Å². The maximum absolute atomic E-state index is 11.0. The van der Waals surface area contributed by atoms with Crippen LogP contribution in [-0.4, -0.2) is 37.3 Å². The van der Waals surface area contributed by atoms with Gasteiger partial charge in [0.25, 0.3) is 0 Å². The molecule has 2 rings (SSSR count). The van der Waals surface area contributed by atoms with Crippen molar-refractivity contribution in [1.29, 1.82) is 0 Å². The molecule has 2 heterocycles. The third kappa shape index (κ3) is 3.96. The molecule has 0 radical (unpaired) electrons. The Bertz CT molecular complexity index is 388. The molecule has 1 aliphatic rings. The van der Waals surface area contributed by atoms with Crippen LogP contribution in [0.25, 0.3) is 0 Å². The van der Waals surface area contributed by atoms with Gasteiger partial charge in [0, 0.05) is 25.0 Å². The molecule has 18 heavy (non-hydrogen) atoms. The molecule has 1 N–H and O–H groups in total. The van der Waals surface area contributed by atoms with Crippen molar-refractivity contribution in [2.75, 3.05) is 25.6 Å². The summed E-state index contributed by atoms with van der Waals surface area (Å²) in [4.78, 5) is 15.4. The summed E-state index contributed by atoms with van der Waals surface area (Å²) in [6.07, 6.45) is 3.59. The Labute approximate surface area is 111 Å². The fourth-order valence-corrected chi connectivity index (χ4v) is 2.60. The van der Waals surface area contributed by atoms with Crippen molar-refractivity contribution in [1.82, 2.24) is 4.98 Å². The molecule has 1 unspecified atom stereocenters. The molecule has 5 nitrogen and oxygen atoms in total. The minimum atomic E-state index is -0.197. The van der Waals surface area contributed by atoms with Crippen LogP contribution in [0.5, 0.6) is 0 Å². The van der Waals surface area contributed by atoms with E-state index in [2.05, 4.69) is 15.0 Å². The molecule has 1 aliphatic heterocycles. The van der Waals surface area contributed by atoms with Gasteiger partial charge in [0.05, 0.1) is 25.3 Å². The second-order valence-corrected chi connectivity index (χ2v) is 5.09. The highest BCUT2D eigenvalue weighted by atomic mass is 32.1. The summed E-state index contributed by atoms with van der Waals surface area (Å²) in [5.74, 6) is -0.197. The van der Waals surface area contributed by atoms with E-state index < -0.39 is 0 Å². The Hall–Kier alpha value is -1.14. The van der Waals surface area contributed by atoms with E-state index in [0.29, 0.717) is 18.9 Å². The molecule has 1 aromatic rings. The second kappa shape index (κ2) is 6.70. The van der Waals surface area contributed by atoms with Gasteiger partial charge in [0.1, 0.15) is 0 Å². The highest BCUT2D eigenvalue weighted by Crippen LogP contribution is 2.18. The SMILES string of the molecule is COC(=O)CCc1csc(NCC2CCCO2)n1. The van der Waals surface area contributed by atoms with Crippen molar-refractivity contribution in [2.24, 2.45) is 0 Å². The summed E-state index contributed by atoms with van der Waals surface area (Å²) < 4.78 is 10.1. The zero-order valence-corrected chi connectivity index (χ0v) is 11.3. The third-order valence-corrected chi connectivity index (χ3v) is 3.72. The van der Waals surface area contributed by atoms with E-state index in [9.17, 15) is 4.79 Å². The minimum absolute atomic E-state index is 0.197.